The van der Waals surface area contributed by atoms with E-state index < -0.39 is 0 Å². The zero-order valence-corrected chi connectivity index (χ0v) is 14.1. The predicted octanol–water partition coefficient (Wildman–Crippen LogP) is 2.77. The van der Waals surface area contributed by atoms with Crippen LogP contribution in [0.1, 0.15) is 31.2 Å². The average molecular weight is 327 g/mol. The van der Waals surface area contributed by atoms with Crippen LogP contribution in [0.5, 0.6) is 5.75 Å². The molecule has 0 aliphatic carbocycles. The molecule has 4 nitrogen and oxygen atoms in total. The van der Waals surface area contributed by atoms with Gasteiger partial charge in [-0.15, -0.1) is 12.4 Å². The molecule has 1 aliphatic rings. The SMILES string of the molecule is Cc1cccc(OCCC(=O)N2CCCC(CCN)C2)c1.Cl. The van der Waals surface area contributed by atoms with E-state index in [2.05, 4.69) is 0 Å². The van der Waals surface area contributed by atoms with Crippen molar-refractivity contribution in [1.82, 2.24) is 4.90 Å². The third kappa shape index (κ3) is 5.85. The van der Waals surface area contributed by atoms with Crippen LogP contribution in [0.15, 0.2) is 24.3 Å². The van der Waals surface area contributed by atoms with Gasteiger partial charge < -0.3 is 15.4 Å². The molecule has 1 aromatic rings. The van der Waals surface area contributed by atoms with Gasteiger partial charge in [0.05, 0.1) is 13.0 Å². The third-order valence-electron chi connectivity index (χ3n) is 4.02. The van der Waals surface area contributed by atoms with Gasteiger partial charge in [-0.1, -0.05) is 12.1 Å². The maximum absolute atomic E-state index is 12.2. The maximum Gasteiger partial charge on any atom is 0.226 e. The van der Waals surface area contributed by atoms with E-state index in [9.17, 15) is 4.79 Å². The van der Waals surface area contributed by atoms with Gasteiger partial charge in [0.2, 0.25) is 5.91 Å². The molecule has 1 amide bonds. The number of nitrogens with two attached hydrogens (primary N) is 1. The van der Waals surface area contributed by atoms with Crippen LogP contribution in [-0.2, 0) is 4.79 Å². The lowest BCUT2D eigenvalue weighted by molar-refractivity contribution is -0.133. The minimum Gasteiger partial charge on any atom is -0.493 e. The monoisotopic (exact) mass is 326 g/mol. The lowest BCUT2D eigenvalue weighted by Crippen LogP contribution is -2.40. The van der Waals surface area contributed by atoms with E-state index in [1.165, 1.54) is 12.0 Å². The number of hydrogen-bond acceptors (Lipinski definition) is 3. The predicted molar refractivity (Wildman–Crippen MR) is 91.5 cm³/mol. The quantitative estimate of drug-likeness (QED) is 0.874. The summed E-state index contributed by atoms with van der Waals surface area (Å²) in [4.78, 5) is 14.2. The summed E-state index contributed by atoms with van der Waals surface area (Å²) in [6.45, 7) is 4.93. The Kier molecular flexibility index (Phi) is 8.28. The van der Waals surface area contributed by atoms with Crippen LogP contribution in [-0.4, -0.2) is 37.0 Å². The topological polar surface area (TPSA) is 55.6 Å². The minimum atomic E-state index is 0. The molecule has 1 unspecified atom stereocenters. The van der Waals surface area contributed by atoms with Crippen molar-refractivity contribution in [2.24, 2.45) is 11.7 Å². The van der Waals surface area contributed by atoms with Crippen LogP contribution in [0.2, 0.25) is 0 Å². The molecule has 124 valence electrons. The molecule has 5 heteroatoms. The van der Waals surface area contributed by atoms with E-state index in [0.717, 1.165) is 31.7 Å². The van der Waals surface area contributed by atoms with Gasteiger partial charge in [-0.05, 0) is 56.3 Å². The van der Waals surface area contributed by atoms with Crippen molar-refractivity contribution in [2.45, 2.75) is 32.6 Å². The number of carbonyl (C=O) groups is 1. The fourth-order valence-electron chi connectivity index (χ4n) is 2.88. The van der Waals surface area contributed by atoms with E-state index in [1.807, 2.05) is 36.1 Å². The van der Waals surface area contributed by atoms with E-state index in [0.29, 0.717) is 25.5 Å². The Balaban J connectivity index is 0.00000242. The van der Waals surface area contributed by atoms with Crippen LogP contribution in [0, 0.1) is 12.8 Å². The van der Waals surface area contributed by atoms with Gasteiger partial charge in [0.25, 0.3) is 0 Å². The highest BCUT2D eigenvalue weighted by atomic mass is 35.5. The second kappa shape index (κ2) is 9.70. The molecule has 1 fully saturated rings. The molecule has 1 atom stereocenters. The van der Waals surface area contributed by atoms with Gasteiger partial charge in [-0.25, -0.2) is 0 Å². The van der Waals surface area contributed by atoms with Crippen molar-refractivity contribution in [1.29, 1.82) is 0 Å². The molecule has 0 aromatic heterocycles. The summed E-state index contributed by atoms with van der Waals surface area (Å²) in [5, 5.41) is 0. The van der Waals surface area contributed by atoms with E-state index >= 15 is 0 Å². The van der Waals surface area contributed by atoms with E-state index in [1.54, 1.807) is 0 Å². The minimum absolute atomic E-state index is 0. The lowest BCUT2D eigenvalue weighted by Gasteiger charge is -2.32. The smallest absolute Gasteiger partial charge is 0.226 e. The van der Waals surface area contributed by atoms with Gasteiger partial charge >= 0.3 is 0 Å². The highest BCUT2D eigenvalue weighted by Gasteiger charge is 2.22. The van der Waals surface area contributed by atoms with E-state index in [4.69, 9.17) is 10.5 Å². The zero-order valence-electron chi connectivity index (χ0n) is 13.3. The number of benzene rings is 1. The van der Waals surface area contributed by atoms with E-state index in [-0.39, 0.29) is 18.3 Å². The first-order valence-electron chi connectivity index (χ1n) is 7.86. The van der Waals surface area contributed by atoms with Gasteiger partial charge in [-0.3, -0.25) is 4.79 Å². The summed E-state index contributed by atoms with van der Waals surface area (Å²) < 4.78 is 5.66. The Labute approximate surface area is 139 Å². The number of hydrogen-bond donors (Lipinski definition) is 1. The number of carbonyl (C=O) groups excluding carboxylic acids is 1. The van der Waals surface area contributed by atoms with Gasteiger partial charge in [-0.2, -0.15) is 0 Å². The first-order chi connectivity index (χ1) is 10.2. The molecular weight excluding hydrogens is 300 g/mol. The van der Waals surface area contributed by atoms with Gasteiger partial charge in [0, 0.05) is 13.1 Å². The first-order valence-corrected chi connectivity index (χ1v) is 7.86. The molecular formula is C17H27ClN2O2. The number of nitrogens with zero attached hydrogens (tertiary/aromatic N) is 1. The fraction of sp³-hybridized carbons (Fsp3) is 0.588. The molecule has 0 bridgehead atoms. The number of amides is 1. The van der Waals surface area contributed by atoms with Gasteiger partial charge in [0.15, 0.2) is 0 Å². The second-order valence-corrected chi connectivity index (χ2v) is 5.84. The average Bonchev–Trinajstić information content (AvgIpc) is 2.48. The normalized spacial score (nSPS) is 17.7. The Hall–Kier alpha value is -1.26. The summed E-state index contributed by atoms with van der Waals surface area (Å²) in [7, 11) is 0. The first kappa shape index (κ1) is 18.8. The molecule has 1 aliphatic heterocycles. The van der Waals surface area contributed by atoms with Crippen LogP contribution >= 0.6 is 12.4 Å². The molecule has 2 N–H and O–H groups in total. The zero-order chi connectivity index (χ0) is 15.1. The van der Waals surface area contributed by atoms with Crippen LogP contribution in [0.25, 0.3) is 0 Å². The second-order valence-electron chi connectivity index (χ2n) is 5.84. The number of aryl methyl sites for hydroxylation is 1. The lowest BCUT2D eigenvalue weighted by atomic mass is 9.95. The van der Waals surface area contributed by atoms with Crippen LogP contribution in [0.4, 0.5) is 0 Å². The summed E-state index contributed by atoms with van der Waals surface area (Å²) >= 11 is 0. The van der Waals surface area contributed by atoms with Gasteiger partial charge in [0.1, 0.15) is 5.75 Å². The third-order valence-corrected chi connectivity index (χ3v) is 4.02. The van der Waals surface area contributed by atoms with Crippen molar-refractivity contribution in [2.75, 3.05) is 26.2 Å². The highest BCUT2D eigenvalue weighted by molar-refractivity contribution is 5.85. The van der Waals surface area contributed by atoms with Crippen molar-refractivity contribution >= 4 is 18.3 Å². The summed E-state index contributed by atoms with van der Waals surface area (Å²) in [5.74, 6) is 1.61. The van der Waals surface area contributed by atoms with Crippen molar-refractivity contribution in [3.05, 3.63) is 29.8 Å². The Morgan fingerprint density at radius 3 is 3.00 bits per heavy atom. The highest BCUT2D eigenvalue weighted by Crippen LogP contribution is 2.19. The van der Waals surface area contributed by atoms with Crippen molar-refractivity contribution in [3.63, 3.8) is 0 Å². The summed E-state index contributed by atoms with van der Waals surface area (Å²) in [6.07, 6.45) is 3.75. The molecule has 0 radical (unpaired) electrons. The van der Waals surface area contributed by atoms with Crippen LogP contribution < -0.4 is 10.5 Å². The molecule has 22 heavy (non-hydrogen) atoms. The molecule has 1 heterocycles. The largest absolute Gasteiger partial charge is 0.493 e. The summed E-state index contributed by atoms with van der Waals surface area (Å²) in [6, 6.07) is 7.91. The molecule has 0 saturated carbocycles. The number of likely N-dealkylation sites (tertiary alicyclic amines) is 1. The molecule has 0 spiro atoms. The van der Waals surface area contributed by atoms with Crippen LogP contribution in [0.3, 0.4) is 0 Å². The van der Waals surface area contributed by atoms with Crippen molar-refractivity contribution in [3.8, 4) is 5.75 Å². The maximum atomic E-state index is 12.2. The Morgan fingerprint density at radius 1 is 1.45 bits per heavy atom. The molecule has 1 aromatic carbocycles. The fourth-order valence-corrected chi connectivity index (χ4v) is 2.88. The number of ether oxygens (including phenoxy) is 1. The van der Waals surface area contributed by atoms with Crippen molar-refractivity contribution < 1.29 is 9.53 Å². The Bertz CT molecular complexity index is 466. The number of piperidine rings is 1. The Morgan fingerprint density at radius 2 is 2.27 bits per heavy atom. The number of halogens is 1. The molecule has 1 saturated heterocycles. The summed E-state index contributed by atoms with van der Waals surface area (Å²) in [5.41, 5.74) is 6.78. The number of rotatable bonds is 6. The standard InChI is InChI=1S/C17H26N2O2.ClH/c1-14-4-2-6-16(12-14)21-11-8-17(20)19-10-3-5-15(13-19)7-9-18;/h2,4,6,12,15H,3,5,7-11,13,18H2,1H3;1H. The molecule has 2 rings (SSSR count).